The highest BCUT2D eigenvalue weighted by molar-refractivity contribution is 7.15. The van der Waals surface area contributed by atoms with E-state index >= 15 is 0 Å². The Morgan fingerprint density at radius 3 is 1.79 bits per heavy atom. The highest BCUT2D eigenvalue weighted by Crippen LogP contribution is 2.77. The summed E-state index contributed by atoms with van der Waals surface area (Å²) in [6, 6.07) is 0. The first-order valence-electron chi connectivity index (χ1n) is 6.51. The van der Waals surface area contributed by atoms with E-state index in [-0.39, 0.29) is 15.2 Å². The van der Waals surface area contributed by atoms with Crippen molar-refractivity contribution in [1.82, 2.24) is 10.2 Å². The molecule has 1 aliphatic heterocycles. The average molecular weight is 468 g/mol. The van der Waals surface area contributed by atoms with Gasteiger partial charge in [0.1, 0.15) is 14.8 Å². The maximum absolute atomic E-state index is 12.9. The molecular formula is C12H5Cl6N3O2S. The van der Waals surface area contributed by atoms with Crippen molar-refractivity contribution < 1.29 is 9.59 Å². The molecule has 1 aromatic rings. The molecule has 4 atom stereocenters. The minimum Gasteiger partial charge on any atom is -0.274 e. The molecule has 0 N–H and O–H groups in total. The van der Waals surface area contributed by atoms with Gasteiger partial charge in [-0.1, -0.05) is 57.7 Å². The first-order chi connectivity index (χ1) is 11.0. The first-order valence-corrected chi connectivity index (χ1v) is 9.59. The second-order valence-corrected chi connectivity index (χ2v) is 10.1. The van der Waals surface area contributed by atoms with Crippen molar-refractivity contribution >= 4 is 97.9 Å². The summed E-state index contributed by atoms with van der Waals surface area (Å²) in [5, 5.41) is 8.12. The molecule has 1 saturated carbocycles. The van der Waals surface area contributed by atoms with Gasteiger partial charge in [0.2, 0.25) is 16.9 Å². The van der Waals surface area contributed by atoms with Crippen LogP contribution in [-0.4, -0.2) is 36.1 Å². The van der Waals surface area contributed by atoms with E-state index in [1.54, 1.807) is 6.92 Å². The smallest absolute Gasteiger partial charge is 0.241 e. The molecule has 2 heterocycles. The molecule has 0 aromatic carbocycles. The normalized spacial score (nSPS) is 40.0. The summed E-state index contributed by atoms with van der Waals surface area (Å²) < 4.78 is -1.93. The summed E-state index contributed by atoms with van der Waals surface area (Å²) in [5.41, 5.74) is 0. The summed E-state index contributed by atoms with van der Waals surface area (Å²) in [5.74, 6) is -3.57. The molecule has 128 valence electrons. The maximum atomic E-state index is 12.9. The van der Waals surface area contributed by atoms with Crippen molar-refractivity contribution in [3.05, 3.63) is 15.1 Å². The Kier molecular flexibility index (Phi) is 3.60. The van der Waals surface area contributed by atoms with Crippen LogP contribution in [0, 0.1) is 18.8 Å². The van der Waals surface area contributed by atoms with Crippen LogP contribution in [0.4, 0.5) is 5.13 Å². The van der Waals surface area contributed by atoms with Crippen molar-refractivity contribution in [3.63, 3.8) is 0 Å². The lowest BCUT2D eigenvalue weighted by atomic mass is 9.84. The quantitative estimate of drug-likeness (QED) is 0.465. The zero-order valence-electron chi connectivity index (χ0n) is 11.5. The number of fused-ring (bicyclic) bond motifs is 5. The lowest BCUT2D eigenvalue weighted by molar-refractivity contribution is -0.123. The SMILES string of the molecule is Cc1nnc(N2C(=O)[C@H]3[C@H](C2=O)[C@@]2(Cl)C(Cl)=C(Cl)[C@@]3(Cl)C2(Cl)Cl)s1. The molecule has 3 aliphatic rings. The number of allylic oxidation sites excluding steroid dienone is 2. The Labute approximate surface area is 169 Å². The number of hydrogen-bond donors (Lipinski definition) is 0. The van der Waals surface area contributed by atoms with Crippen LogP contribution in [0.5, 0.6) is 0 Å². The van der Waals surface area contributed by atoms with E-state index in [9.17, 15) is 9.59 Å². The van der Waals surface area contributed by atoms with Gasteiger partial charge in [0.15, 0.2) is 4.33 Å². The second kappa shape index (κ2) is 4.91. The molecular weight excluding hydrogens is 463 g/mol. The van der Waals surface area contributed by atoms with E-state index in [1.807, 2.05) is 0 Å². The largest absolute Gasteiger partial charge is 0.274 e. The van der Waals surface area contributed by atoms with E-state index in [1.165, 1.54) is 0 Å². The van der Waals surface area contributed by atoms with Crippen LogP contribution < -0.4 is 4.90 Å². The third-order valence-corrected chi connectivity index (χ3v) is 9.70. The van der Waals surface area contributed by atoms with Crippen molar-refractivity contribution in [2.24, 2.45) is 11.8 Å². The molecule has 4 rings (SSSR count). The number of anilines is 1. The maximum Gasteiger partial charge on any atom is 0.241 e. The summed E-state index contributed by atoms with van der Waals surface area (Å²) in [6.45, 7) is 1.70. The summed E-state index contributed by atoms with van der Waals surface area (Å²) in [4.78, 5) is 23.2. The van der Waals surface area contributed by atoms with Crippen molar-refractivity contribution in [2.45, 2.75) is 21.0 Å². The summed E-state index contributed by atoms with van der Waals surface area (Å²) in [6.07, 6.45) is 0. The summed E-state index contributed by atoms with van der Waals surface area (Å²) >= 11 is 39.4. The van der Waals surface area contributed by atoms with Gasteiger partial charge in [-0.15, -0.1) is 33.4 Å². The van der Waals surface area contributed by atoms with Crippen LogP contribution in [0.15, 0.2) is 10.1 Å². The van der Waals surface area contributed by atoms with Gasteiger partial charge in [0, 0.05) is 0 Å². The number of carbonyl (C=O) groups is 2. The van der Waals surface area contributed by atoms with Crippen molar-refractivity contribution in [1.29, 1.82) is 0 Å². The molecule has 1 aromatic heterocycles. The van der Waals surface area contributed by atoms with E-state index in [2.05, 4.69) is 10.2 Å². The number of amides is 2. The van der Waals surface area contributed by atoms with Gasteiger partial charge in [-0.25, -0.2) is 4.90 Å². The number of aromatic nitrogens is 2. The molecule has 5 nitrogen and oxygen atoms in total. The molecule has 0 radical (unpaired) electrons. The van der Waals surface area contributed by atoms with Crippen molar-refractivity contribution in [3.8, 4) is 0 Å². The number of hydrogen-bond acceptors (Lipinski definition) is 5. The van der Waals surface area contributed by atoms with Gasteiger partial charge < -0.3 is 0 Å². The number of imide groups is 1. The molecule has 2 aliphatic carbocycles. The highest BCUT2D eigenvalue weighted by Gasteiger charge is 2.87. The fourth-order valence-corrected chi connectivity index (χ4v) is 7.19. The van der Waals surface area contributed by atoms with E-state index < -0.39 is 37.7 Å². The van der Waals surface area contributed by atoms with Crippen LogP contribution >= 0.6 is 80.9 Å². The predicted octanol–water partition coefficient (Wildman–Crippen LogP) is 3.80. The number of halogens is 6. The predicted molar refractivity (Wildman–Crippen MR) is 94.5 cm³/mol. The van der Waals surface area contributed by atoms with E-state index in [0.717, 1.165) is 16.2 Å². The Bertz CT molecular complexity index is 810. The van der Waals surface area contributed by atoms with E-state index in [4.69, 9.17) is 69.6 Å². The van der Waals surface area contributed by atoms with Crippen LogP contribution in [0.1, 0.15) is 5.01 Å². The van der Waals surface area contributed by atoms with Gasteiger partial charge in [-0.3, -0.25) is 9.59 Å². The molecule has 2 bridgehead atoms. The fraction of sp³-hybridized carbons (Fsp3) is 0.500. The van der Waals surface area contributed by atoms with Crippen LogP contribution in [0.25, 0.3) is 0 Å². The van der Waals surface area contributed by atoms with Gasteiger partial charge >= 0.3 is 0 Å². The molecule has 1 saturated heterocycles. The lowest BCUT2D eigenvalue weighted by Crippen LogP contribution is -2.50. The van der Waals surface area contributed by atoms with Gasteiger partial charge in [-0.05, 0) is 6.92 Å². The molecule has 0 spiro atoms. The number of alkyl halides is 4. The Morgan fingerprint density at radius 2 is 1.42 bits per heavy atom. The minimum atomic E-state index is -1.93. The Hall–Kier alpha value is 0.180. The van der Waals surface area contributed by atoms with Crippen LogP contribution in [0.2, 0.25) is 0 Å². The zero-order valence-corrected chi connectivity index (χ0v) is 16.8. The van der Waals surface area contributed by atoms with Crippen LogP contribution in [-0.2, 0) is 9.59 Å². The van der Waals surface area contributed by atoms with Gasteiger partial charge in [0.05, 0.1) is 21.9 Å². The monoisotopic (exact) mass is 465 g/mol. The number of aryl methyl sites for hydroxylation is 1. The number of carbonyl (C=O) groups excluding carboxylic acids is 2. The number of nitrogens with zero attached hydrogens (tertiary/aromatic N) is 3. The lowest BCUT2D eigenvalue weighted by Gasteiger charge is -2.34. The fourth-order valence-electron chi connectivity index (χ4n) is 3.56. The molecule has 2 amide bonds. The van der Waals surface area contributed by atoms with Gasteiger partial charge in [0.25, 0.3) is 0 Å². The van der Waals surface area contributed by atoms with E-state index in [0.29, 0.717) is 5.01 Å². The standard InChI is InChI=1S/C12H5Cl6N3O2S/c1-2-19-20-9(24-2)21-7(22)3-4(8(21)23)11(16)6(14)5(13)10(3,15)12(11,17)18/h3-4H,1H3/t3-,4-,10-,11-/m1/s1. The first kappa shape index (κ1) is 17.6. The molecule has 0 unspecified atom stereocenters. The Morgan fingerprint density at radius 1 is 0.958 bits per heavy atom. The van der Waals surface area contributed by atoms with Crippen molar-refractivity contribution in [2.75, 3.05) is 4.90 Å². The minimum absolute atomic E-state index is 0.122. The zero-order chi connectivity index (χ0) is 17.8. The molecule has 12 heteroatoms. The highest BCUT2D eigenvalue weighted by atomic mass is 35.5. The topological polar surface area (TPSA) is 63.2 Å². The van der Waals surface area contributed by atoms with Crippen LogP contribution in [0.3, 0.4) is 0 Å². The third kappa shape index (κ3) is 1.59. The number of rotatable bonds is 1. The third-order valence-electron chi connectivity index (χ3n) is 4.62. The molecule has 2 fully saturated rings. The average Bonchev–Trinajstić information content (AvgIpc) is 3.10. The van der Waals surface area contributed by atoms with Gasteiger partial charge in [-0.2, -0.15) is 0 Å². The Balaban J connectivity index is 1.93. The molecule has 24 heavy (non-hydrogen) atoms. The second-order valence-electron chi connectivity index (χ2n) is 5.70. The summed E-state index contributed by atoms with van der Waals surface area (Å²) in [7, 11) is 0.